The molecule has 6 unspecified atom stereocenters. The Hall–Kier alpha value is -0.710. The molecule has 1 N–H and O–H groups in total. The molecule has 25 heavy (non-hydrogen) atoms. The summed E-state index contributed by atoms with van der Waals surface area (Å²) >= 11 is 0. The summed E-state index contributed by atoms with van der Waals surface area (Å²) in [6.45, 7) is 6.03. The number of rotatable bonds is 0. The normalized spacial score (nSPS) is 51.0. The second kappa shape index (κ2) is 5.17. The van der Waals surface area contributed by atoms with Crippen molar-refractivity contribution in [3.8, 4) is 0 Å². The zero-order valence-corrected chi connectivity index (χ0v) is 15.4. The van der Waals surface area contributed by atoms with Crippen LogP contribution in [0, 0.1) is 28.6 Å². The molecule has 1 spiro atoms. The standard InChI is InChI=1S/C21H30O4/c1-19-6-3-14(22)11-13(19)12-17(23)18-15(19)4-7-20(2)16(18)5-8-21(20)24-9-10-25-21/h12,14-16,18,22H,3-11H2,1-2H3. The Balaban J connectivity index is 1.54. The van der Waals surface area contributed by atoms with Crippen LogP contribution in [0.5, 0.6) is 0 Å². The minimum atomic E-state index is -0.448. The Kier molecular flexibility index (Phi) is 3.41. The van der Waals surface area contributed by atoms with Gasteiger partial charge < -0.3 is 14.6 Å². The van der Waals surface area contributed by atoms with Crippen molar-refractivity contribution in [3.05, 3.63) is 11.6 Å². The van der Waals surface area contributed by atoms with Crippen LogP contribution in [-0.4, -0.2) is 36.0 Å². The van der Waals surface area contributed by atoms with E-state index in [-0.39, 0.29) is 22.9 Å². The summed E-state index contributed by atoms with van der Waals surface area (Å²) in [6.07, 6.45) is 8.31. The van der Waals surface area contributed by atoms with Crippen LogP contribution in [0.2, 0.25) is 0 Å². The predicted molar refractivity (Wildman–Crippen MR) is 92.7 cm³/mol. The number of aliphatic hydroxyl groups is 1. The molecule has 138 valence electrons. The Morgan fingerprint density at radius 3 is 2.52 bits per heavy atom. The molecule has 1 saturated heterocycles. The molecule has 0 aromatic heterocycles. The number of fused-ring (bicyclic) bond motifs is 6. The van der Waals surface area contributed by atoms with Gasteiger partial charge in [0.25, 0.3) is 0 Å². The maximum absolute atomic E-state index is 13.2. The number of hydrogen-bond donors (Lipinski definition) is 1. The monoisotopic (exact) mass is 346 g/mol. The largest absolute Gasteiger partial charge is 0.393 e. The molecule has 5 aliphatic rings. The lowest BCUT2D eigenvalue weighted by atomic mass is 9.47. The fourth-order valence-electron chi connectivity index (χ4n) is 7.27. The fraction of sp³-hybridized carbons (Fsp3) is 0.857. The van der Waals surface area contributed by atoms with Crippen LogP contribution in [0.3, 0.4) is 0 Å². The summed E-state index contributed by atoms with van der Waals surface area (Å²) < 4.78 is 12.3. The average Bonchev–Trinajstić information content (AvgIpc) is 3.17. The van der Waals surface area contributed by atoms with Gasteiger partial charge in [-0.2, -0.15) is 0 Å². The molecule has 0 aromatic rings. The molecule has 0 amide bonds. The minimum Gasteiger partial charge on any atom is -0.393 e. The van der Waals surface area contributed by atoms with E-state index >= 15 is 0 Å². The molecule has 4 fully saturated rings. The van der Waals surface area contributed by atoms with E-state index in [4.69, 9.17) is 9.47 Å². The summed E-state index contributed by atoms with van der Waals surface area (Å²) in [4.78, 5) is 13.2. The number of carbonyl (C=O) groups excluding carboxylic acids is 1. The first-order valence-electron chi connectivity index (χ1n) is 10.1. The maximum atomic E-state index is 13.2. The highest BCUT2D eigenvalue weighted by Crippen LogP contribution is 2.67. The highest BCUT2D eigenvalue weighted by molar-refractivity contribution is 5.94. The van der Waals surface area contributed by atoms with Crippen molar-refractivity contribution in [1.82, 2.24) is 0 Å². The van der Waals surface area contributed by atoms with Gasteiger partial charge in [0.2, 0.25) is 0 Å². The quantitative estimate of drug-likeness (QED) is 0.732. The summed E-state index contributed by atoms with van der Waals surface area (Å²) in [5.74, 6) is 0.740. The topological polar surface area (TPSA) is 55.8 Å². The molecule has 0 radical (unpaired) electrons. The molecular formula is C21H30O4. The lowest BCUT2D eigenvalue weighted by molar-refractivity contribution is -0.240. The Labute approximate surface area is 150 Å². The Bertz CT molecular complexity index is 634. The minimum absolute atomic E-state index is 0.0454. The van der Waals surface area contributed by atoms with Crippen molar-refractivity contribution in [2.24, 2.45) is 28.6 Å². The van der Waals surface area contributed by atoms with Gasteiger partial charge in [-0.15, -0.1) is 0 Å². The van der Waals surface area contributed by atoms with Gasteiger partial charge in [0, 0.05) is 17.8 Å². The summed E-state index contributed by atoms with van der Waals surface area (Å²) in [6, 6.07) is 0. The third kappa shape index (κ3) is 1.97. The molecule has 4 aliphatic carbocycles. The smallest absolute Gasteiger partial charge is 0.174 e. The third-order valence-corrected chi connectivity index (χ3v) is 8.72. The highest BCUT2D eigenvalue weighted by Gasteiger charge is 2.67. The van der Waals surface area contributed by atoms with E-state index in [1.165, 1.54) is 5.57 Å². The van der Waals surface area contributed by atoms with Gasteiger partial charge in [0.1, 0.15) is 0 Å². The van der Waals surface area contributed by atoms with E-state index in [1.807, 2.05) is 6.08 Å². The number of carbonyl (C=O) groups is 1. The van der Waals surface area contributed by atoms with E-state index in [9.17, 15) is 9.90 Å². The van der Waals surface area contributed by atoms with Crippen LogP contribution in [0.1, 0.15) is 58.8 Å². The zero-order valence-electron chi connectivity index (χ0n) is 15.4. The zero-order chi connectivity index (χ0) is 17.4. The molecule has 0 bridgehead atoms. The van der Waals surface area contributed by atoms with Crippen LogP contribution in [-0.2, 0) is 14.3 Å². The van der Waals surface area contributed by atoms with E-state index in [0.717, 1.165) is 38.5 Å². The first kappa shape index (κ1) is 16.5. The summed E-state index contributed by atoms with van der Waals surface area (Å²) in [7, 11) is 0. The van der Waals surface area contributed by atoms with Crippen LogP contribution in [0.25, 0.3) is 0 Å². The molecule has 0 aromatic carbocycles. The van der Waals surface area contributed by atoms with E-state index in [1.54, 1.807) is 0 Å². The summed E-state index contributed by atoms with van der Waals surface area (Å²) in [5.41, 5.74) is 1.25. The number of hydrogen-bond acceptors (Lipinski definition) is 4. The number of ketones is 1. The molecular weight excluding hydrogens is 316 g/mol. The third-order valence-electron chi connectivity index (χ3n) is 8.72. The van der Waals surface area contributed by atoms with Gasteiger partial charge in [0.15, 0.2) is 11.6 Å². The van der Waals surface area contributed by atoms with Crippen molar-refractivity contribution in [2.45, 2.75) is 70.7 Å². The van der Waals surface area contributed by atoms with Crippen molar-refractivity contribution in [3.63, 3.8) is 0 Å². The van der Waals surface area contributed by atoms with E-state index < -0.39 is 5.79 Å². The van der Waals surface area contributed by atoms with Gasteiger partial charge in [-0.3, -0.25) is 4.79 Å². The predicted octanol–water partition coefficient (Wildman–Crippen LogP) is 3.23. The molecule has 6 atom stereocenters. The van der Waals surface area contributed by atoms with Crippen LogP contribution in [0.15, 0.2) is 11.6 Å². The summed E-state index contributed by atoms with van der Waals surface area (Å²) in [5, 5.41) is 10.1. The van der Waals surface area contributed by atoms with Gasteiger partial charge in [-0.25, -0.2) is 0 Å². The van der Waals surface area contributed by atoms with Gasteiger partial charge in [-0.1, -0.05) is 19.4 Å². The van der Waals surface area contributed by atoms with Crippen LogP contribution >= 0.6 is 0 Å². The first-order chi connectivity index (χ1) is 11.9. The van der Waals surface area contributed by atoms with Gasteiger partial charge >= 0.3 is 0 Å². The number of aliphatic hydroxyl groups excluding tert-OH is 1. The Morgan fingerprint density at radius 1 is 1.04 bits per heavy atom. The molecule has 1 aliphatic heterocycles. The molecule has 1 heterocycles. The number of allylic oxidation sites excluding steroid dienone is 1. The first-order valence-corrected chi connectivity index (χ1v) is 10.1. The molecule has 3 saturated carbocycles. The number of ether oxygens (including phenoxy) is 2. The van der Waals surface area contributed by atoms with Crippen molar-refractivity contribution in [1.29, 1.82) is 0 Å². The van der Waals surface area contributed by atoms with Gasteiger partial charge in [0.05, 0.1) is 19.3 Å². The lowest BCUT2D eigenvalue weighted by Crippen LogP contribution is -2.57. The Morgan fingerprint density at radius 2 is 1.76 bits per heavy atom. The van der Waals surface area contributed by atoms with Gasteiger partial charge in [-0.05, 0) is 61.9 Å². The fourth-order valence-corrected chi connectivity index (χ4v) is 7.27. The highest BCUT2D eigenvalue weighted by atomic mass is 16.7. The van der Waals surface area contributed by atoms with E-state index in [0.29, 0.717) is 37.3 Å². The average molecular weight is 346 g/mol. The lowest BCUT2D eigenvalue weighted by Gasteiger charge is -2.57. The van der Waals surface area contributed by atoms with Crippen molar-refractivity contribution in [2.75, 3.05) is 13.2 Å². The molecule has 5 rings (SSSR count). The van der Waals surface area contributed by atoms with Crippen molar-refractivity contribution < 1.29 is 19.4 Å². The molecule has 4 nitrogen and oxygen atoms in total. The van der Waals surface area contributed by atoms with Crippen molar-refractivity contribution >= 4 is 5.78 Å². The maximum Gasteiger partial charge on any atom is 0.174 e. The second-order valence-electron chi connectivity index (χ2n) is 9.57. The second-order valence-corrected chi connectivity index (χ2v) is 9.57. The van der Waals surface area contributed by atoms with E-state index in [2.05, 4.69) is 13.8 Å². The van der Waals surface area contributed by atoms with Crippen LogP contribution < -0.4 is 0 Å². The van der Waals surface area contributed by atoms with Crippen LogP contribution in [0.4, 0.5) is 0 Å². The SMILES string of the molecule is CC12CCC(O)CC1=CC(=O)C1C2CCC2(C)C1CCC21OCCO1. The molecule has 4 heteroatoms.